The van der Waals surface area contributed by atoms with Crippen molar-refractivity contribution in [2.75, 3.05) is 18.8 Å². The lowest BCUT2D eigenvalue weighted by molar-refractivity contribution is -0.138. The molecule has 7 heteroatoms. The molecule has 0 saturated heterocycles. The van der Waals surface area contributed by atoms with Gasteiger partial charge in [0.2, 0.25) is 11.8 Å². The number of rotatable bonds is 13. The summed E-state index contributed by atoms with van der Waals surface area (Å²) in [4.78, 5) is 27.8. The van der Waals surface area contributed by atoms with Gasteiger partial charge in [0.05, 0.1) is 5.75 Å². The summed E-state index contributed by atoms with van der Waals surface area (Å²) in [5.74, 6) is 0.666. The van der Waals surface area contributed by atoms with Crippen LogP contribution < -0.4 is 5.32 Å². The van der Waals surface area contributed by atoms with E-state index in [0.717, 1.165) is 24.0 Å². The average molecular weight is 496 g/mol. The Labute approximate surface area is 206 Å². The van der Waals surface area contributed by atoms with Crippen LogP contribution in [0.5, 0.6) is 0 Å². The number of amides is 2. The molecule has 0 saturated carbocycles. The predicted molar refractivity (Wildman–Crippen MR) is 136 cm³/mol. The van der Waals surface area contributed by atoms with Gasteiger partial charge in [0.1, 0.15) is 6.04 Å². The van der Waals surface area contributed by atoms with Crippen molar-refractivity contribution in [2.45, 2.75) is 51.3 Å². The normalized spacial score (nSPS) is 11.8. The van der Waals surface area contributed by atoms with Gasteiger partial charge in [-0.2, -0.15) is 0 Å². The van der Waals surface area contributed by atoms with Crippen LogP contribution in [0.15, 0.2) is 48.5 Å². The van der Waals surface area contributed by atoms with E-state index in [4.69, 9.17) is 23.2 Å². The average Bonchev–Trinajstić information content (AvgIpc) is 2.79. The second-order valence-corrected chi connectivity index (χ2v) is 9.38. The van der Waals surface area contributed by atoms with Gasteiger partial charge >= 0.3 is 0 Å². The highest BCUT2D eigenvalue weighted by Gasteiger charge is 2.28. The van der Waals surface area contributed by atoms with Crippen LogP contribution in [0.1, 0.15) is 44.2 Å². The van der Waals surface area contributed by atoms with Gasteiger partial charge in [-0.3, -0.25) is 9.59 Å². The van der Waals surface area contributed by atoms with E-state index >= 15 is 0 Å². The van der Waals surface area contributed by atoms with E-state index in [1.807, 2.05) is 37.3 Å². The van der Waals surface area contributed by atoms with Crippen molar-refractivity contribution < 1.29 is 9.59 Å². The van der Waals surface area contributed by atoms with Gasteiger partial charge in [-0.05, 0) is 42.5 Å². The summed E-state index contributed by atoms with van der Waals surface area (Å²) < 4.78 is 0. The Morgan fingerprint density at radius 2 is 1.72 bits per heavy atom. The Morgan fingerprint density at radius 3 is 2.34 bits per heavy atom. The zero-order chi connectivity index (χ0) is 23.3. The van der Waals surface area contributed by atoms with E-state index in [2.05, 4.69) is 12.2 Å². The number of benzene rings is 2. The van der Waals surface area contributed by atoms with Crippen molar-refractivity contribution >= 4 is 46.8 Å². The molecule has 0 heterocycles. The maximum atomic E-state index is 13.2. The first-order chi connectivity index (χ1) is 15.5. The van der Waals surface area contributed by atoms with E-state index in [1.165, 1.54) is 11.8 Å². The topological polar surface area (TPSA) is 49.4 Å². The first-order valence-corrected chi connectivity index (χ1v) is 13.0. The van der Waals surface area contributed by atoms with Crippen LogP contribution in [0, 0.1) is 0 Å². The van der Waals surface area contributed by atoms with Crippen molar-refractivity contribution in [3.63, 3.8) is 0 Å². The van der Waals surface area contributed by atoms with Gasteiger partial charge in [-0.1, -0.05) is 79.9 Å². The molecule has 2 rings (SSSR count). The maximum absolute atomic E-state index is 13.2. The minimum atomic E-state index is -0.479. The molecule has 4 nitrogen and oxygen atoms in total. The van der Waals surface area contributed by atoms with Crippen LogP contribution >= 0.6 is 35.0 Å². The van der Waals surface area contributed by atoms with Gasteiger partial charge in [-0.25, -0.2) is 0 Å². The molecular weight excluding hydrogens is 463 g/mol. The SMILES string of the molecule is CCCCNC(=O)[C@@H](CC)N(CCc1ccccc1)C(=O)CSCc1c(Cl)cccc1Cl. The highest BCUT2D eigenvalue weighted by atomic mass is 35.5. The molecule has 0 aliphatic heterocycles. The molecule has 0 unspecified atom stereocenters. The molecule has 2 aromatic rings. The predicted octanol–water partition coefficient (Wildman–Crippen LogP) is 5.99. The zero-order valence-corrected chi connectivity index (χ0v) is 21.1. The summed E-state index contributed by atoms with van der Waals surface area (Å²) in [6.07, 6.45) is 3.20. The Balaban J connectivity index is 2.07. The second-order valence-electron chi connectivity index (χ2n) is 7.58. The molecule has 0 bridgehead atoms. The van der Waals surface area contributed by atoms with Gasteiger partial charge in [0.25, 0.3) is 0 Å². The maximum Gasteiger partial charge on any atom is 0.242 e. The first-order valence-electron chi connectivity index (χ1n) is 11.1. The molecule has 174 valence electrons. The summed E-state index contributed by atoms with van der Waals surface area (Å²) in [6.45, 7) is 5.16. The van der Waals surface area contributed by atoms with Crippen LogP contribution in [-0.4, -0.2) is 41.6 Å². The van der Waals surface area contributed by atoms with E-state index < -0.39 is 6.04 Å². The lowest BCUT2D eigenvalue weighted by Crippen LogP contribution is -2.50. The number of hydrogen-bond acceptors (Lipinski definition) is 3. The molecule has 0 spiro atoms. The number of unbranched alkanes of at least 4 members (excludes halogenated alkanes) is 1. The lowest BCUT2D eigenvalue weighted by atomic mass is 10.1. The molecule has 1 N–H and O–H groups in total. The Hall–Kier alpha value is -1.69. The van der Waals surface area contributed by atoms with Crippen molar-refractivity contribution in [1.82, 2.24) is 10.2 Å². The molecule has 32 heavy (non-hydrogen) atoms. The smallest absolute Gasteiger partial charge is 0.242 e. The number of hydrogen-bond donors (Lipinski definition) is 1. The summed E-state index contributed by atoms with van der Waals surface area (Å²) in [7, 11) is 0. The van der Waals surface area contributed by atoms with Gasteiger partial charge in [0, 0.05) is 28.9 Å². The summed E-state index contributed by atoms with van der Waals surface area (Å²) in [5, 5.41) is 4.19. The fraction of sp³-hybridized carbons (Fsp3) is 0.440. The van der Waals surface area contributed by atoms with E-state index in [-0.39, 0.29) is 17.6 Å². The van der Waals surface area contributed by atoms with E-state index in [0.29, 0.717) is 41.7 Å². The largest absolute Gasteiger partial charge is 0.354 e. The fourth-order valence-corrected chi connectivity index (χ4v) is 5.04. The summed E-state index contributed by atoms with van der Waals surface area (Å²) >= 11 is 14.0. The third-order valence-electron chi connectivity index (χ3n) is 5.23. The molecule has 0 aliphatic rings. The molecule has 0 fully saturated rings. The second kappa shape index (κ2) is 14.5. The molecule has 0 radical (unpaired) electrons. The van der Waals surface area contributed by atoms with Gasteiger partial charge < -0.3 is 10.2 Å². The van der Waals surface area contributed by atoms with Gasteiger partial charge in [-0.15, -0.1) is 11.8 Å². The minimum Gasteiger partial charge on any atom is -0.354 e. The number of carbonyl (C=O) groups excluding carboxylic acids is 2. The minimum absolute atomic E-state index is 0.0494. The quantitative estimate of drug-likeness (QED) is 0.347. The van der Waals surface area contributed by atoms with E-state index in [1.54, 1.807) is 23.1 Å². The van der Waals surface area contributed by atoms with Crippen molar-refractivity contribution in [2.24, 2.45) is 0 Å². The number of nitrogens with zero attached hydrogens (tertiary/aromatic N) is 1. The van der Waals surface area contributed by atoms with Crippen molar-refractivity contribution in [3.05, 3.63) is 69.7 Å². The van der Waals surface area contributed by atoms with Crippen LogP contribution in [0.3, 0.4) is 0 Å². The molecule has 1 atom stereocenters. The highest BCUT2D eigenvalue weighted by Crippen LogP contribution is 2.28. The van der Waals surface area contributed by atoms with Crippen molar-refractivity contribution in [3.8, 4) is 0 Å². The lowest BCUT2D eigenvalue weighted by Gasteiger charge is -2.30. The third-order valence-corrected chi connectivity index (χ3v) is 6.89. The van der Waals surface area contributed by atoms with Crippen molar-refractivity contribution in [1.29, 1.82) is 0 Å². The summed E-state index contributed by atoms with van der Waals surface area (Å²) in [5.41, 5.74) is 1.97. The first kappa shape index (κ1) is 26.6. The van der Waals surface area contributed by atoms with Crippen LogP contribution in [0.4, 0.5) is 0 Å². The Kier molecular flexibility index (Phi) is 12.0. The van der Waals surface area contributed by atoms with Crippen LogP contribution in [0.2, 0.25) is 10.0 Å². The van der Waals surface area contributed by atoms with Gasteiger partial charge in [0.15, 0.2) is 0 Å². The zero-order valence-electron chi connectivity index (χ0n) is 18.8. The number of carbonyl (C=O) groups is 2. The standard InChI is InChI=1S/C25H32Cl2N2O2S/c1-3-5-15-28-25(31)23(4-2)29(16-14-19-10-7-6-8-11-19)24(30)18-32-17-20-21(26)12-9-13-22(20)27/h6-13,23H,3-5,14-18H2,1-2H3,(H,28,31)/t23-/m1/s1. The molecule has 0 aromatic heterocycles. The molecule has 0 aliphatic carbocycles. The number of thioether (sulfide) groups is 1. The third kappa shape index (κ3) is 8.34. The highest BCUT2D eigenvalue weighted by molar-refractivity contribution is 7.99. The number of nitrogens with one attached hydrogen (secondary N) is 1. The molecule has 2 amide bonds. The summed E-state index contributed by atoms with van der Waals surface area (Å²) in [6, 6.07) is 14.9. The van der Waals surface area contributed by atoms with Crippen LogP contribution in [-0.2, 0) is 21.8 Å². The Morgan fingerprint density at radius 1 is 1.03 bits per heavy atom. The van der Waals surface area contributed by atoms with Crippen LogP contribution in [0.25, 0.3) is 0 Å². The Bertz CT molecular complexity index is 844. The molecular formula is C25H32Cl2N2O2S. The molecule has 2 aromatic carbocycles. The monoisotopic (exact) mass is 494 g/mol. The number of halogens is 2. The van der Waals surface area contributed by atoms with E-state index in [9.17, 15) is 9.59 Å². The fourth-order valence-electron chi connectivity index (χ4n) is 3.40.